The zero-order valence-corrected chi connectivity index (χ0v) is 25.8. The van der Waals surface area contributed by atoms with Crippen molar-refractivity contribution in [1.29, 1.82) is 0 Å². The molecule has 0 amide bonds. The zero-order valence-electron chi connectivity index (χ0n) is 25.8. The third-order valence-electron chi connectivity index (χ3n) is 12.4. The average Bonchev–Trinajstić information content (AvgIpc) is 3.57. The fraction of sp³-hybridized carbons (Fsp3) is 0.500. The summed E-state index contributed by atoms with van der Waals surface area (Å²) in [6.07, 6.45) is 11.4. The maximum Gasteiger partial charge on any atom is 0.169 e. The molecule has 2 N–H and O–H groups in total. The number of likely N-dealkylation sites (N-methyl/N-ethyl adjacent to an activating group) is 2. The lowest BCUT2D eigenvalue weighted by Crippen LogP contribution is -2.63. The number of likely N-dealkylation sites (tertiary alicyclic amines) is 2. The second-order valence-corrected chi connectivity index (χ2v) is 13.9. The van der Waals surface area contributed by atoms with Crippen molar-refractivity contribution in [1.82, 2.24) is 9.80 Å². The van der Waals surface area contributed by atoms with Crippen LogP contribution >= 0.6 is 0 Å². The second kappa shape index (κ2) is 8.98. The Hall–Kier alpha value is -3.62. The van der Waals surface area contributed by atoms with E-state index < -0.39 is 0 Å². The Morgan fingerprint density at radius 2 is 1.48 bits per heavy atom. The fourth-order valence-corrected chi connectivity index (χ4v) is 10.5. The van der Waals surface area contributed by atoms with Gasteiger partial charge in [0.15, 0.2) is 35.2 Å². The van der Waals surface area contributed by atoms with E-state index in [1.807, 2.05) is 6.08 Å². The van der Waals surface area contributed by atoms with Gasteiger partial charge in [0, 0.05) is 28.6 Å². The van der Waals surface area contributed by atoms with Gasteiger partial charge in [0.2, 0.25) is 0 Å². The summed E-state index contributed by atoms with van der Waals surface area (Å²) in [5.74, 6) is 4.23. The van der Waals surface area contributed by atoms with Crippen molar-refractivity contribution >= 4 is 0 Å². The van der Waals surface area contributed by atoms with Gasteiger partial charge in [-0.05, 0) is 106 Å². The molecule has 0 saturated carbocycles. The maximum absolute atomic E-state index is 10.3. The van der Waals surface area contributed by atoms with Gasteiger partial charge in [-0.1, -0.05) is 18.2 Å². The minimum atomic E-state index is -0.154. The SMILES string of the molecule is COC1=CC=C2C3Cc4ccc(O)c5c4C2(CCN3C)C1O5.COC1=CCC2C3Cc4ccc(O)c5c4C2(CCN3C)C1O5. The predicted molar refractivity (Wildman–Crippen MR) is 164 cm³/mol. The molecule has 7 atom stereocenters. The van der Waals surface area contributed by atoms with Gasteiger partial charge in [-0.2, -0.15) is 0 Å². The van der Waals surface area contributed by atoms with E-state index >= 15 is 0 Å². The van der Waals surface area contributed by atoms with Crippen molar-refractivity contribution in [3.05, 3.63) is 81.8 Å². The second-order valence-electron chi connectivity index (χ2n) is 13.9. The van der Waals surface area contributed by atoms with E-state index in [1.165, 1.54) is 27.8 Å². The molecule has 2 aromatic rings. The highest BCUT2D eigenvalue weighted by Gasteiger charge is 2.65. The minimum absolute atomic E-state index is 0.0150. The monoisotopic (exact) mass is 596 g/mol. The molecule has 230 valence electrons. The highest BCUT2D eigenvalue weighted by atomic mass is 16.5. The number of hydrogen-bond acceptors (Lipinski definition) is 8. The fourth-order valence-electron chi connectivity index (χ4n) is 10.5. The van der Waals surface area contributed by atoms with Gasteiger partial charge in [-0.3, -0.25) is 4.90 Å². The third-order valence-corrected chi connectivity index (χ3v) is 12.4. The van der Waals surface area contributed by atoms with E-state index in [4.69, 9.17) is 18.9 Å². The number of phenolic OH excluding ortho intramolecular Hbond substituents is 2. The molecule has 4 bridgehead atoms. The minimum Gasteiger partial charge on any atom is -0.504 e. The van der Waals surface area contributed by atoms with E-state index in [1.54, 1.807) is 26.4 Å². The van der Waals surface area contributed by atoms with Crippen molar-refractivity contribution in [2.75, 3.05) is 41.4 Å². The van der Waals surface area contributed by atoms with E-state index in [0.717, 1.165) is 56.7 Å². The highest BCUT2D eigenvalue weighted by molar-refractivity contribution is 5.67. The summed E-state index contributed by atoms with van der Waals surface area (Å²) in [6.45, 7) is 2.11. The molecular formula is C36H40N2O6. The summed E-state index contributed by atoms with van der Waals surface area (Å²) < 4.78 is 23.8. The van der Waals surface area contributed by atoms with Gasteiger partial charge in [-0.15, -0.1) is 0 Å². The van der Waals surface area contributed by atoms with E-state index in [9.17, 15) is 10.2 Å². The molecule has 4 aliphatic carbocycles. The van der Waals surface area contributed by atoms with Crippen LogP contribution in [0.4, 0.5) is 0 Å². The summed E-state index contributed by atoms with van der Waals surface area (Å²) in [6, 6.07) is 8.68. The largest absolute Gasteiger partial charge is 0.504 e. The lowest BCUT2D eigenvalue weighted by Gasteiger charge is -2.56. The van der Waals surface area contributed by atoms with Crippen LogP contribution < -0.4 is 9.47 Å². The maximum atomic E-state index is 10.3. The van der Waals surface area contributed by atoms with Crippen molar-refractivity contribution in [2.24, 2.45) is 5.92 Å². The normalized spacial score (nSPS) is 36.3. The standard InChI is InChI=1S/C18H21NO3.C18H19NO3/c2*1-19-8-7-18-11-4-6-14(21-2)17(18)22-16-13(20)5-3-10(15(16)18)9-12(11)19/h3,5-6,11-12,17,20H,4,7-9H2,1-2H3;3-6,12,17,20H,7-9H2,1-2H3. The van der Waals surface area contributed by atoms with Crippen LogP contribution in [0.1, 0.15) is 41.5 Å². The summed E-state index contributed by atoms with van der Waals surface area (Å²) in [4.78, 5) is 4.94. The number of allylic oxidation sites excluding steroid dienone is 3. The number of nitrogens with zero attached hydrogens (tertiary/aromatic N) is 2. The van der Waals surface area contributed by atoms with Crippen LogP contribution in [0.15, 0.2) is 59.6 Å². The third kappa shape index (κ3) is 3.06. The molecule has 8 aliphatic rings. The Bertz CT molecular complexity index is 1700. The van der Waals surface area contributed by atoms with Crippen LogP contribution in [0.2, 0.25) is 0 Å². The Kier molecular flexibility index (Phi) is 5.46. The molecular weight excluding hydrogens is 556 g/mol. The predicted octanol–water partition coefficient (Wildman–Crippen LogP) is 4.32. The molecule has 8 heteroatoms. The summed E-state index contributed by atoms with van der Waals surface area (Å²) in [7, 11) is 7.87. The first-order valence-corrected chi connectivity index (χ1v) is 16.0. The Balaban J connectivity index is 0.000000123. The Morgan fingerprint density at radius 1 is 0.795 bits per heavy atom. The smallest absolute Gasteiger partial charge is 0.169 e. The number of hydrogen-bond donors (Lipinski definition) is 2. The lowest BCUT2D eigenvalue weighted by molar-refractivity contribution is -0.0267. The summed E-state index contributed by atoms with van der Waals surface area (Å²) in [5, 5.41) is 20.6. The number of benzene rings is 2. The summed E-state index contributed by atoms with van der Waals surface area (Å²) >= 11 is 0. The van der Waals surface area contributed by atoms with Gasteiger partial charge in [0.05, 0.1) is 19.6 Å². The Morgan fingerprint density at radius 3 is 2.23 bits per heavy atom. The van der Waals surface area contributed by atoms with Crippen molar-refractivity contribution in [3.8, 4) is 23.0 Å². The molecule has 8 nitrogen and oxygen atoms in total. The van der Waals surface area contributed by atoms with Gasteiger partial charge in [0.1, 0.15) is 11.5 Å². The first-order valence-electron chi connectivity index (χ1n) is 16.0. The summed E-state index contributed by atoms with van der Waals surface area (Å²) in [5.41, 5.74) is 6.38. The van der Waals surface area contributed by atoms with Crippen LogP contribution in [0, 0.1) is 5.92 Å². The molecule has 4 heterocycles. The van der Waals surface area contributed by atoms with E-state index in [-0.39, 0.29) is 34.5 Å². The molecule has 2 aromatic carbocycles. The molecule has 10 rings (SSSR count). The van der Waals surface area contributed by atoms with Crippen molar-refractivity contribution in [2.45, 2.75) is 67.2 Å². The molecule has 4 aliphatic heterocycles. The average molecular weight is 597 g/mol. The Labute approximate surface area is 258 Å². The van der Waals surface area contributed by atoms with Gasteiger partial charge < -0.3 is 34.1 Å². The molecule has 44 heavy (non-hydrogen) atoms. The molecule has 2 fully saturated rings. The van der Waals surface area contributed by atoms with Gasteiger partial charge >= 0.3 is 0 Å². The van der Waals surface area contributed by atoms with Crippen molar-refractivity contribution in [3.63, 3.8) is 0 Å². The molecule has 0 aromatic heterocycles. The van der Waals surface area contributed by atoms with E-state index in [2.05, 4.69) is 48.2 Å². The van der Waals surface area contributed by atoms with Crippen LogP contribution in [0.3, 0.4) is 0 Å². The quantitative estimate of drug-likeness (QED) is 0.531. The number of rotatable bonds is 2. The number of aromatic hydroxyl groups is 2. The number of ether oxygens (including phenoxy) is 4. The van der Waals surface area contributed by atoms with Crippen LogP contribution in [-0.2, 0) is 33.1 Å². The van der Waals surface area contributed by atoms with Gasteiger partial charge in [-0.25, -0.2) is 0 Å². The van der Waals surface area contributed by atoms with Crippen LogP contribution in [0.25, 0.3) is 0 Å². The number of phenols is 2. The topological polar surface area (TPSA) is 83.9 Å². The molecule has 0 radical (unpaired) electrons. The number of methoxy groups -OCH3 is 2. The molecule has 7 unspecified atom stereocenters. The molecule has 2 saturated heterocycles. The lowest BCUT2D eigenvalue weighted by atomic mass is 9.53. The zero-order chi connectivity index (χ0) is 30.1. The number of piperidine rings is 2. The first kappa shape index (κ1) is 26.8. The highest BCUT2D eigenvalue weighted by Crippen LogP contribution is 2.64. The van der Waals surface area contributed by atoms with Crippen molar-refractivity contribution < 1.29 is 29.2 Å². The van der Waals surface area contributed by atoms with Crippen LogP contribution in [-0.4, -0.2) is 85.7 Å². The molecule has 2 spiro atoms. The van der Waals surface area contributed by atoms with Gasteiger partial charge in [0.25, 0.3) is 0 Å². The first-order chi connectivity index (χ1) is 21.3. The van der Waals surface area contributed by atoms with Crippen LogP contribution in [0.5, 0.6) is 23.0 Å². The van der Waals surface area contributed by atoms with E-state index in [0.29, 0.717) is 29.5 Å².